The average Bonchev–Trinajstić information content (AvgIpc) is 3.26. The number of nitrogens with one attached hydrogen (secondary N) is 2. The van der Waals surface area contributed by atoms with Crippen LogP contribution in [0, 0.1) is 5.82 Å². The van der Waals surface area contributed by atoms with Crippen molar-refractivity contribution >= 4 is 23.4 Å². The number of nitrogens with zero attached hydrogens (tertiary/aromatic N) is 1. The van der Waals surface area contributed by atoms with Crippen LogP contribution in [0.5, 0.6) is 0 Å². The van der Waals surface area contributed by atoms with Crippen molar-refractivity contribution in [3.05, 3.63) is 65.5 Å². The molecule has 2 aromatic carbocycles. The minimum Gasteiger partial charge on any atom is -0.343 e. The summed E-state index contributed by atoms with van der Waals surface area (Å²) in [6, 6.07) is 13.0. The Morgan fingerprint density at radius 1 is 0.929 bits per heavy atom. The number of hydrogen-bond donors (Lipinski definition) is 2. The lowest BCUT2D eigenvalue weighted by Crippen LogP contribution is -2.44. The Bertz CT molecular complexity index is 904. The van der Waals surface area contributed by atoms with Crippen molar-refractivity contribution in [2.45, 2.75) is 31.3 Å². The molecule has 2 N–H and O–H groups in total. The molecule has 4 rings (SSSR count). The van der Waals surface area contributed by atoms with Gasteiger partial charge in [-0.25, -0.2) is 4.39 Å². The number of carbonyl (C=O) groups is 3. The third-order valence-electron chi connectivity index (χ3n) is 5.27. The van der Waals surface area contributed by atoms with Gasteiger partial charge in [0.05, 0.1) is 6.04 Å². The highest BCUT2D eigenvalue weighted by atomic mass is 19.1. The molecule has 1 aliphatic heterocycles. The van der Waals surface area contributed by atoms with Crippen LogP contribution in [0.4, 0.5) is 10.1 Å². The van der Waals surface area contributed by atoms with E-state index in [1.807, 2.05) is 17.0 Å². The molecule has 0 bridgehead atoms. The fourth-order valence-electron chi connectivity index (χ4n) is 3.91. The lowest BCUT2D eigenvalue weighted by atomic mass is 10.1. The van der Waals surface area contributed by atoms with Gasteiger partial charge in [0, 0.05) is 24.7 Å². The highest BCUT2D eigenvalue weighted by Crippen LogP contribution is 2.28. The summed E-state index contributed by atoms with van der Waals surface area (Å²) in [7, 11) is 0. The lowest BCUT2D eigenvalue weighted by Gasteiger charge is -2.24. The van der Waals surface area contributed by atoms with Crippen molar-refractivity contribution < 1.29 is 18.8 Å². The summed E-state index contributed by atoms with van der Waals surface area (Å²) < 4.78 is 12.9. The molecule has 144 valence electrons. The van der Waals surface area contributed by atoms with Crippen molar-refractivity contribution in [1.29, 1.82) is 0 Å². The maximum absolute atomic E-state index is 12.9. The second-order valence-electron chi connectivity index (χ2n) is 7.21. The highest BCUT2D eigenvalue weighted by molar-refractivity contribution is 6.39. The van der Waals surface area contributed by atoms with Gasteiger partial charge in [-0.3, -0.25) is 14.4 Å². The van der Waals surface area contributed by atoms with Crippen LogP contribution in [0.3, 0.4) is 0 Å². The summed E-state index contributed by atoms with van der Waals surface area (Å²) in [4.78, 5) is 38.4. The van der Waals surface area contributed by atoms with Crippen LogP contribution >= 0.6 is 0 Å². The smallest absolute Gasteiger partial charge is 0.313 e. The molecule has 1 unspecified atom stereocenters. The number of benzene rings is 2. The van der Waals surface area contributed by atoms with Gasteiger partial charge in [-0.1, -0.05) is 24.3 Å². The van der Waals surface area contributed by atoms with E-state index in [1.165, 1.54) is 35.4 Å². The molecule has 0 aromatic heterocycles. The molecule has 2 aliphatic rings. The zero-order valence-electron chi connectivity index (χ0n) is 15.2. The summed E-state index contributed by atoms with van der Waals surface area (Å²) >= 11 is 0. The molecule has 0 spiro atoms. The summed E-state index contributed by atoms with van der Waals surface area (Å²) in [5.41, 5.74) is 2.84. The molecule has 1 fully saturated rings. The van der Waals surface area contributed by atoms with E-state index in [1.54, 1.807) is 0 Å². The van der Waals surface area contributed by atoms with Crippen LogP contribution in [0.25, 0.3) is 0 Å². The van der Waals surface area contributed by atoms with E-state index in [2.05, 4.69) is 22.8 Å². The van der Waals surface area contributed by atoms with Gasteiger partial charge >= 0.3 is 11.8 Å². The summed E-state index contributed by atoms with van der Waals surface area (Å²) in [6.45, 7) is 0.396. The SMILES string of the molecule is O=C(Nc1ccc(F)cc1)C(=O)NC1CC(=O)N(C2Cc3ccccc3C2)C1. The Balaban J connectivity index is 1.32. The van der Waals surface area contributed by atoms with Gasteiger partial charge in [0.15, 0.2) is 0 Å². The van der Waals surface area contributed by atoms with Gasteiger partial charge < -0.3 is 15.5 Å². The first kappa shape index (κ1) is 18.2. The Morgan fingerprint density at radius 3 is 2.21 bits per heavy atom. The van der Waals surface area contributed by atoms with Crippen LogP contribution in [-0.4, -0.2) is 41.2 Å². The lowest BCUT2D eigenvalue weighted by molar-refractivity contribution is -0.136. The first-order valence-electron chi connectivity index (χ1n) is 9.23. The van der Waals surface area contributed by atoms with E-state index in [-0.39, 0.29) is 18.4 Å². The Kier molecular flexibility index (Phi) is 4.81. The van der Waals surface area contributed by atoms with E-state index in [0.29, 0.717) is 12.2 Å². The zero-order chi connectivity index (χ0) is 19.7. The van der Waals surface area contributed by atoms with Crippen LogP contribution in [-0.2, 0) is 27.2 Å². The van der Waals surface area contributed by atoms with E-state index >= 15 is 0 Å². The van der Waals surface area contributed by atoms with Crippen LogP contribution in [0.1, 0.15) is 17.5 Å². The maximum atomic E-state index is 12.9. The molecule has 3 amide bonds. The van der Waals surface area contributed by atoms with Crippen LogP contribution in [0.2, 0.25) is 0 Å². The Morgan fingerprint density at radius 2 is 1.57 bits per heavy atom. The first-order chi connectivity index (χ1) is 13.5. The fourth-order valence-corrected chi connectivity index (χ4v) is 3.91. The molecule has 0 saturated carbocycles. The topological polar surface area (TPSA) is 78.5 Å². The third kappa shape index (κ3) is 3.74. The second-order valence-corrected chi connectivity index (χ2v) is 7.21. The van der Waals surface area contributed by atoms with E-state index in [0.717, 1.165) is 12.8 Å². The van der Waals surface area contributed by atoms with Gasteiger partial charge in [-0.15, -0.1) is 0 Å². The van der Waals surface area contributed by atoms with Crippen LogP contribution in [0.15, 0.2) is 48.5 Å². The van der Waals surface area contributed by atoms with Crippen LogP contribution < -0.4 is 10.6 Å². The van der Waals surface area contributed by atoms with Gasteiger partial charge in [0.1, 0.15) is 5.82 Å². The molecule has 1 heterocycles. The van der Waals surface area contributed by atoms with Gasteiger partial charge in [0.2, 0.25) is 5.91 Å². The predicted octanol–water partition coefficient (Wildman–Crippen LogP) is 1.65. The molecular formula is C21H20FN3O3. The number of amides is 3. The zero-order valence-corrected chi connectivity index (χ0v) is 15.2. The van der Waals surface area contributed by atoms with Gasteiger partial charge in [0.25, 0.3) is 0 Å². The molecule has 7 heteroatoms. The minimum atomic E-state index is -0.842. The molecule has 0 radical (unpaired) electrons. The summed E-state index contributed by atoms with van der Waals surface area (Å²) in [5, 5.41) is 5.04. The van der Waals surface area contributed by atoms with Crippen molar-refractivity contribution in [3.63, 3.8) is 0 Å². The molecule has 1 atom stereocenters. The fraction of sp³-hybridized carbons (Fsp3) is 0.286. The second kappa shape index (κ2) is 7.42. The number of anilines is 1. The average molecular weight is 381 g/mol. The number of rotatable bonds is 3. The quantitative estimate of drug-likeness (QED) is 0.794. The largest absolute Gasteiger partial charge is 0.343 e. The van der Waals surface area contributed by atoms with E-state index in [4.69, 9.17) is 0 Å². The number of fused-ring (bicyclic) bond motifs is 1. The van der Waals surface area contributed by atoms with E-state index in [9.17, 15) is 18.8 Å². The maximum Gasteiger partial charge on any atom is 0.313 e. The third-order valence-corrected chi connectivity index (χ3v) is 5.27. The molecule has 2 aromatic rings. The van der Waals surface area contributed by atoms with Crippen molar-refractivity contribution in [2.24, 2.45) is 0 Å². The standard InChI is InChI=1S/C21H20FN3O3/c22-15-5-7-16(8-6-15)23-20(27)21(28)24-17-11-19(26)25(12-17)18-9-13-3-1-2-4-14(13)10-18/h1-8,17-18H,9-12H2,(H,23,27)(H,24,28). The summed E-state index contributed by atoms with van der Waals surface area (Å²) in [5.74, 6) is -2.09. The van der Waals surface area contributed by atoms with E-state index < -0.39 is 23.7 Å². The normalized spacial score (nSPS) is 18.8. The molecule has 1 saturated heterocycles. The molecule has 28 heavy (non-hydrogen) atoms. The monoisotopic (exact) mass is 381 g/mol. The van der Waals surface area contributed by atoms with Crippen molar-refractivity contribution in [1.82, 2.24) is 10.2 Å². The minimum absolute atomic E-state index is 0.0120. The predicted molar refractivity (Wildman–Crippen MR) is 101 cm³/mol. The Hall–Kier alpha value is -3.22. The number of likely N-dealkylation sites (tertiary alicyclic amines) is 1. The number of halogens is 1. The van der Waals surface area contributed by atoms with Gasteiger partial charge in [-0.2, -0.15) is 0 Å². The number of carbonyl (C=O) groups excluding carboxylic acids is 3. The molecule has 1 aliphatic carbocycles. The Labute approximate surface area is 161 Å². The molecular weight excluding hydrogens is 361 g/mol. The van der Waals surface area contributed by atoms with Crippen molar-refractivity contribution in [2.75, 3.05) is 11.9 Å². The van der Waals surface area contributed by atoms with Crippen molar-refractivity contribution in [3.8, 4) is 0 Å². The number of hydrogen-bond acceptors (Lipinski definition) is 3. The highest BCUT2D eigenvalue weighted by Gasteiger charge is 2.38. The summed E-state index contributed by atoms with van der Waals surface area (Å²) in [6.07, 6.45) is 1.81. The van der Waals surface area contributed by atoms with Gasteiger partial charge in [-0.05, 0) is 48.2 Å². The first-order valence-corrected chi connectivity index (χ1v) is 9.23. The molecule has 6 nitrogen and oxygen atoms in total.